The predicted octanol–water partition coefficient (Wildman–Crippen LogP) is 4.24. The molecule has 0 spiro atoms. The number of pyridine rings is 1. The fourth-order valence-corrected chi connectivity index (χ4v) is 4.31. The molecule has 0 bridgehead atoms. The van der Waals surface area contributed by atoms with Crippen LogP contribution in [0.5, 0.6) is 0 Å². The van der Waals surface area contributed by atoms with Crippen molar-refractivity contribution in [2.45, 2.75) is 51.7 Å². The zero-order valence-electron chi connectivity index (χ0n) is 18.2. The second kappa shape index (κ2) is 8.15. The first-order chi connectivity index (χ1) is 16.1. The van der Waals surface area contributed by atoms with E-state index in [2.05, 4.69) is 15.2 Å². The number of hydrogen-bond acceptors (Lipinski definition) is 6. The molecule has 2 N–H and O–H groups in total. The van der Waals surface area contributed by atoms with Crippen LogP contribution in [-0.4, -0.2) is 32.0 Å². The molecule has 1 aliphatic carbocycles. The third kappa shape index (κ3) is 4.04. The summed E-state index contributed by atoms with van der Waals surface area (Å²) in [6.07, 6.45) is -2.78. The monoisotopic (exact) mass is 475 g/mol. The summed E-state index contributed by atoms with van der Waals surface area (Å²) in [4.78, 5) is 19.3. The molecule has 7 nitrogen and oxygen atoms in total. The first kappa shape index (κ1) is 22.5. The van der Waals surface area contributed by atoms with Gasteiger partial charge in [-0.15, -0.1) is 5.10 Å². The third-order valence-corrected chi connectivity index (χ3v) is 6.45. The largest absolute Gasteiger partial charge is 0.435 e. The topological polar surface area (TPSA) is 94.2 Å². The highest BCUT2D eigenvalue weighted by Gasteiger charge is 2.37. The van der Waals surface area contributed by atoms with Crippen molar-refractivity contribution in [3.8, 4) is 0 Å². The fourth-order valence-electron chi connectivity index (χ4n) is 4.31. The van der Waals surface area contributed by atoms with Crippen molar-refractivity contribution in [2.75, 3.05) is 5.73 Å². The Hall–Kier alpha value is -3.34. The lowest BCUT2D eigenvalue weighted by molar-refractivity contribution is -0.141. The SMILES string of the molecule is CC(C1CC1)N(Cc1ccc(C(F)(F)F)nn1)C(=O)c1cc2c3c(c(N)nc2cc1F)COC3. The van der Waals surface area contributed by atoms with Crippen LogP contribution in [0.25, 0.3) is 10.9 Å². The van der Waals surface area contributed by atoms with Crippen LogP contribution in [0.3, 0.4) is 0 Å². The number of halogens is 4. The van der Waals surface area contributed by atoms with Crippen molar-refractivity contribution in [3.63, 3.8) is 0 Å². The van der Waals surface area contributed by atoms with Crippen molar-refractivity contribution in [3.05, 3.63) is 58.2 Å². The molecule has 0 radical (unpaired) electrons. The molecular weight excluding hydrogens is 454 g/mol. The lowest BCUT2D eigenvalue weighted by Gasteiger charge is -2.29. The van der Waals surface area contributed by atoms with Crippen molar-refractivity contribution < 1.29 is 27.1 Å². The van der Waals surface area contributed by atoms with Crippen molar-refractivity contribution >= 4 is 22.6 Å². The number of ether oxygens (including phenoxy) is 1. The number of fused-ring (bicyclic) bond motifs is 3. The summed E-state index contributed by atoms with van der Waals surface area (Å²) in [7, 11) is 0. The molecule has 178 valence electrons. The Morgan fingerprint density at radius 3 is 2.59 bits per heavy atom. The number of hydrogen-bond donors (Lipinski definition) is 1. The van der Waals surface area contributed by atoms with Gasteiger partial charge in [0.25, 0.3) is 5.91 Å². The van der Waals surface area contributed by atoms with Gasteiger partial charge in [0.15, 0.2) is 5.69 Å². The Balaban J connectivity index is 1.51. The van der Waals surface area contributed by atoms with Crippen molar-refractivity contribution in [1.29, 1.82) is 0 Å². The Morgan fingerprint density at radius 2 is 1.94 bits per heavy atom. The lowest BCUT2D eigenvalue weighted by atomic mass is 10.0. The Bertz CT molecular complexity index is 1280. The molecule has 1 amide bonds. The van der Waals surface area contributed by atoms with E-state index in [1.165, 1.54) is 23.1 Å². The zero-order chi connectivity index (χ0) is 24.2. The first-order valence-electron chi connectivity index (χ1n) is 10.8. The molecule has 2 aliphatic rings. The molecule has 11 heteroatoms. The van der Waals surface area contributed by atoms with E-state index < -0.39 is 23.6 Å². The summed E-state index contributed by atoms with van der Waals surface area (Å²) in [6, 6.07) is 4.38. The van der Waals surface area contributed by atoms with E-state index in [9.17, 15) is 18.0 Å². The fraction of sp³-hybridized carbons (Fsp3) is 0.391. The van der Waals surface area contributed by atoms with Gasteiger partial charge in [-0.3, -0.25) is 4.79 Å². The van der Waals surface area contributed by atoms with Gasteiger partial charge < -0.3 is 15.4 Å². The van der Waals surface area contributed by atoms with Crippen LogP contribution in [0.1, 0.15) is 52.6 Å². The standard InChI is InChI=1S/C23H21F4N5O2/c1-11(12-2-3-12)32(8-13-4-5-20(31-30-13)23(25,26)27)22(33)15-6-14-16-9-34-10-17(16)21(28)29-19(14)7-18(15)24/h4-7,11-12H,2-3,8-10H2,1H3,(H2,28,29). The Morgan fingerprint density at radius 1 is 1.21 bits per heavy atom. The number of aromatic nitrogens is 3. The second-order valence-electron chi connectivity index (χ2n) is 8.71. The van der Waals surface area contributed by atoms with Gasteiger partial charge in [0.05, 0.1) is 36.5 Å². The Labute approximate surface area is 191 Å². The number of carbonyl (C=O) groups excluding carboxylic acids is 1. The van der Waals surface area contributed by atoms with Crippen molar-refractivity contribution in [2.24, 2.45) is 5.92 Å². The molecule has 5 rings (SSSR count). The third-order valence-electron chi connectivity index (χ3n) is 6.45. The minimum absolute atomic E-state index is 0.0969. The molecule has 34 heavy (non-hydrogen) atoms. The molecular formula is C23H21F4N5O2. The minimum Gasteiger partial charge on any atom is -0.383 e. The maximum atomic E-state index is 15.1. The van der Waals surface area contributed by atoms with Crippen LogP contribution >= 0.6 is 0 Å². The summed E-state index contributed by atoms with van der Waals surface area (Å²) in [5.41, 5.74) is 6.69. The first-order valence-corrected chi connectivity index (χ1v) is 10.8. The summed E-state index contributed by atoms with van der Waals surface area (Å²) >= 11 is 0. The number of carbonyl (C=O) groups is 1. The van der Waals surface area contributed by atoms with Gasteiger partial charge in [-0.1, -0.05) is 0 Å². The number of rotatable bonds is 5. The van der Waals surface area contributed by atoms with Crippen LogP contribution in [0.2, 0.25) is 0 Å². The van der Waals surface area contributed by atoms with Gasteiger partial charge in [-0.25, -0.2) is 9.37 Å². The lowest BCUT2D eigenvalue weighted by Crippen LogP contribution is -2.40. The quantitative estimate of drug-likeness (QED) is 0.555. The molecule has 1 saturated carbocycles. The average molecular weight is 475 g/mol. The Kier molecular flexibility index (Phi) is 5.38. The smallest absolute Gasteiger partial charge is 0.383 e. The number of amides is 1. The van der Waals surface area contributed by atoms with Crippen molar-refractivity contribution in [1.82, 2.24) is 20.1 Å². The maximum absolute atomic E-state index is 15.1. The molecule has 3 heterocycles. The van der Waals surface area contributed by atoms with E-state index in [-0.39, 0.29) is 42.2 Å². The van der Waals surface area contributed by atoms with Gasteiger partial charge in [-0.2, -0.15) is 18.3 Å². The van der Waals surface area contributed by atoms with Crippen LogP contribution < -0.4 is 5.73 Å². The molecule has 3 aromatic rings. The molecule has 1 unspecified atom stereocenters. The predicted molar refractivity (Wildman–Crippen MR) is 114 cm³/mol. The average Bonchev–Trinajstić information content (AvgIpc) is 3.52. The van der Waals surface area contributed by atoms with E-state index in [4.69, 9.17) is 10.5 Å². The number of anilines is 1. The number of alkyl halides is 3. The van der Waals surface area contributed by atoms with Crippen LogP contribution in [-0.2, 0) is 30.7 Å². The van der Waals surface area contributed by atoms with E-state index in [0.29, 0.717) is 17.5 Å². The number of nitrogens with two attached hydrogens (primary N) is 1. The van der Waals surface area contributed by atoms with Crippen LogP contribution in [0, 0.1) is 11.7 Å². The molecule has 0 saturated heterocycles. The molecule has 1 aliphatic heterocycles. The van der Waals surface area contributed by atoms with E-state index in [1.54, 1.807) is 0 Å². The highest BCUT2D eigenvalue weighted by Crippen LogP contribution is 2.37. The minimum atomic E-state index is -4.61. The number of benzene rings is 1. The van der Waals surface area contributed by atoms with Crippen LogP contribution in [0.4, 0.5) is 23.4 Å². The summed E-state index contributed by atoms with van der Waals surface area (Å²) in [5, 5.41) is 7.48. The van der Waals surface area contributed by atoms with Crippen LogP contribution in [0.15, 0.2) is 24.3 Å². The molecule has 1 atom stereocenters. The number of nitrogen functional groups attached to an aromatic ring is 1. The highest BCUT2D eigenvalue weighted by molar-refractivity contribution is 5.99. The highest BCUT2D eigenvalue weighted by atomic mass is 19.4. The normalized spacial score (nSPS) is 16.5. The van der Waals surface area contributed by atoms with Gasteiger partial charge in [-0.05, 0) is 49.4 Å². The second-order valence-corrected chi connectivity index (χ2v) is 8.71. The molecule has 1 aromatic carbocycles. The summed E-state index contributed by atoms with van der Waals surface area (Å²) in [6.45, 7) is 2.32. The summed E-state index contributed by atoms with van der Waals surface area (Å²) < 4.78 is 59.1. The molecule has 2 aromatic heterocycles. The maximum Gasteiger partial charge on any atom is 0.435 e. The van der Waals surface area contributed by atoms with Gasteiger partial charge >= 0.3 is 6.18 Å². The zero-order valence-corrected chi connectivity index (χ0v) is 18.2. The van der Waals surface area contributed by atoms with Gasteiger partial charge in [0, 0.05) is 23.1 Å². The van der Waals surface area contributed by atoms with E-state index in [0.717, 1.165) is 30.0 Å². The van der Waals surface area contributed by atoms with E-state index in [1.807, 2.05) is 6.92 Å². The van der Waals surface area contributed by atoms with E-state index >= 15 is 4.39 Å². The van der Waals surface area contributed by atoms with Gasteiger partial charge in [0.1, 0.15) is 11.6 Å². The molecule has 1 fully saturated rings. The number of nitrogens with zero attached hydrogens (tertiary/aromatic N) is 4. The summed E-state index contributed by atoms with van der Waals surface area (Å²) in [5.74, 6) is -0.836. The van der Waals surface area contributed by atoms with Gasteiger partial charge in [0.2, 0.25) is 0 Å².